The average Bonchev–Trinajstić information content (AvgIpc) is 3.13. The van der Waals surface area contributed by atoms with E-state index in [1.165, 1.54) is 12.7 Å². The molecule has 0 bridgehead atoms. The van der Waals surface area contributed by atoms with Gasteiger partial charge in [-0.15, -0.1) is 0 Å². The van der Waals surface area contributed by atoms with Gasteiger partial charge in [0.25, 0.3) is 0 Å². The second-order valence-electron chi connectivity index (χ2n) is 9.48. The van der Waals surface area contributed by atoms with Crippen molar-refractivity contribution >= 4 is 11.9 Å². The summed E-state index contributed by atoms with van der Waals surface area (Å²) in [5.41, 5.74) is 2.00. The van der Waals surface area contributed by atoms with E-state index in [9.17, 15) is 9.59 Å². The summed E-state index contributed by atoms with van der Waals surface area (Å²) in [6.45, 7) is 9.17. The molecule has 1 aromatic heterocycles. The van der Waals surface area contributed by atoms with Gasteiger partial charge in [0.2, 0.25) is 0 Å². The van der Waals surface area contributed by atoms with Gasteiger partial charge in [0.15, 0.2) is 0 Å². The third-order valence-corrected chi connectivity index (χ3v) is 7.77. The normalized spacial score (nSPS) is 31.2. The van der Waals surface area contributed by atoms with Crippen molar-refractivity contribution in [1.29, 1.82) is 0 Å². The van der Waals surface area contributed by atoms with E-state index >= 15 is 0 Å². The van der Waals surface area contributed by atoms with Crippen LogP contribution in [0.5, 0.6) is 0 Å². The maximum absolute atomic E-state index is 12.7. The zero-order valence-corrected chi connectivity index (χ0v) is 18.5. The quantitative estimate of drug-likeness (QED) is 0.483. The number of esters is 1. The molecule has 1 aromatic rings. The monoisotopic (exact) mass is 417 g/mol. The molecule has 4 atom stereocenters. The van der Waals surface area contributed by atoms with E-state index in [0.29, 0.717) is 18.4 Å². The van der Waals surface area contributed by atoms with Crippen LogP contribution >= 0.6 is 0 Å². The Morgan fingerprint density at radius 1 is 1.37 bits per heavy atom. The average molecular weight is 418 g/mol. The molecule has 2 aliphatic carbocycles. The molecule has 2 N–H and O–H groups in total. The molecule has 0 amide bonds. The Hall–Kier alpha value is -2.08. The first-order valence-electron chi connectivity index (χ1n) is 11.0. The van der Waals surface area contributed by atoms with Gasteiger partial charge in [0.05, 0.1) is 31.9 Å². The van der Waals surface area contributed by atoms with Crippen LogP contribution in [0.25, 0.3) is 0 Å². The Morgan fingerprint density at radius 2 is 2.13 bits per heavy atom. The maximum atomic E-state index is 12.7. The van der Waals surface area contributed by atoms with E-state index in [-0.39, 0.29) is 17.9 Å². The van der Waals surface area contributed by atoms with Crippen LogP contribution < -0.4 is 5.32 Å². The van der Waals surface area contributed by atoms with Gasteiger partial charge in [-0.3, -0.25) is 14.9 Å². The van der Waals surface area contributed by atoms with Crippen LogP contribution in [0.2, 0.25) is 0 Å². The number of aryl methyl sites for hydroxylation is 1. The minimum Gasteiger partial charge on any atom is -0.480 e. The highest BCUT2D eigenvalue weighted by Crippen LogP contribution is 2.62. The smallest absolute Gasteiger partial charge is 0.317 e. The molecule has 30 heavy (non-hydrogen) atoms. The first kappa shape index (κ1) is 22.6. The first-order chi connectivity index (χ1) is 14.2. The van der Waals surface area contributed by atoms with Crippen molar-refractivity contribution in [1.82, 2.24) is 5.32 Å². The summed E-state index contributed by atoms with van der Waals surface area (Å²) in [6.07, 6.45) is 8.44. The summed E-state index contributed by atoms with van der Waals surface area (Å²) in [4.78, 5) is 23.4. The molecule has 0 radical (unpaired) electrons. The number of carboxylic acid groups (broad SMARTS) is 1. The number of hydrogen-bond acceptors (Lipinski definition) is 5. The molecule has 166 valence electrons. The van der Waals surface area contributed by atoms with Crippen molar-refractivity contribution in [2.24, 2.45) is 22.7 Å². The van der Waals surface area contributed by atoms with E-state index in [0.717, 1.165) is 56.3 Å². The molecule has 1 heterocycles. The number of methoxy groups -OCH3 is 1. The minimum atomic E-state index is -0.883. The van der Waals surface area contributed by atoms with E-state index < -0.39 is 11.4 Å². The molecule has 0 aromatic carbocycles. The fourth-order valence-electron chi connectivity index (χ4n) is 6.29. The van der Waals surface area contributed by atoms with Crippen LogP contribution in [0.4, 0.5) is 0 Å². The number of furan rings is 1. The lowest BCUT2D eigenvalue weighted by Gasteiger charge is -2.57. The summed E-state index contributed by atoms with van der Waals surface area (Å²) < 4.78 is 10.8. The van der Waals surface area contributed by atoms with E-state index in [1.54, 1.807) is 6.26 Å². The number of carbonyl (C=O) groups excluding carboxylic acids is 1. The molecule has 0 saturated heterocycles. The van der Waals surface area contributed by atoms with Crippen molar-refractivity contribution in [2.75, 3.05) is 13.7 Å². The fourth-order valence-corrected chi connectivity index (χ4v) is 6.29. The Morgan fingerprint density at radius 3 is 2.83 bits per heavy atom. The predicted molar refractivity (Wildman–Crippen MR) is 114 cm³/mol. The summed E-state index contributed by atoms with van der Waals surface area (Å²) in [5, 5.41) is 11.7. The van der Waals surface area contributed by atoms with Gasteiger partial charge >= 0.3 is 11.9 Å². The number of aliphatic carboxylic acids is 1. The largest absolute Gasteiger partial charge is 0.480 e. The van der Waals surface area contributed by atoms with Gasteiger partial charge < -0.3 is 14.3 Å². The van der Waals surface area contributed by atoms with Crippen LogP contribution in [0, 0.1) is 22.7 Å². The highest BCUT2D eigenvalue weighted by Gasteiger charge is 2.57. The lowest BCUT2D eigenvalue weighted by Crippen LogP contribution is -2.53. The fraction of sp³-hybridized carbons (Fsp3) is 0.667. The van der Waals surface area contributed by atoms with E-state index in [4.69, 9.17) is 14.3 Å². The number of allylic oxidation sites excluding steroid dienone is 1. The molecule has 0 aliphatic heterocycles. The van der Waals surface area contributed by atoms with Crippen molar-refractivity contribution in [3.63, 3.8) is 0 Å². The Kier molecular flexibility index (Phi) is 6.75. The summed E-state index contributed by atoms with van der Waals surface area (Å²) in [6, 6.07) is 1.97. The van der Waals surface area contributed by atoms with Gasteiger partial charge in [0, 0.05) is 0 Å². The minimum absolute atomic E-state index is 0.0297. The van der Waals surface area contributed by atoms with Gasteiger partial charge in [-0.2, -0.15) is 0 Å². The van der Waals surface area contributed by atoms with Crippen LogP contribution in [0.1, 0.15) is 63.7 Å². The van der Waals surface area contributed by atoms with E-state index in [2.05, 4.69) is 25.7 Å². The van der Waals surface area contributed by atoms with Crippen molar-refractivity contribution in [2.45, 2.75) is 65.3 Å². The van der Waals surface area contributed by atoms with Crippen molar-refractivity contribution in [3.05, 3.63) is 35.8 Å². The number of ether oxygens (including phenoxy) is 1. The van der Waals surface area contributed by atoms with Crippen molar-refractivity contribution in [3.8, 4) is 0 Å². The zero-order chi connectivity index (χ0) is 21.9. The molecule has 6 nitrogen and oxygen atoms in total. The lowest BCUT2D eigenvalue weighted by molar-refractivity contribution is -0.168. The molecule has 0 spiro atoms. The molecule has 1 unspecified atom stereocenters. The van der Waals surface area contributed by atoms with Gasteiger partial charge in [-0.1, -0.05) is 25.5 Å². The van der Waals surface area contributed by atoms with Gasteiger partial charge in [-0.05, 0) is 74.3 Å². The topological polar surface area (TPSA) is 88.8 Å². The summed E-state index contributed by atoms with van der Waals surface area (Å²) in [5.74, 6) is 0.471. The highest BCUT2D eigenvalue weighted by molar-refractivity contribution is 5.77. The Labute approximate surface area is 179 Å². The number of fused-ring (bicyclic) bond motifs is 1. The van der Waals surface area contributed by atoms with Crippen LogP contribution in [-0.4, -0.2) is 30.7 Å². The van der Waals surface area contributed by atoms with Gasteiger partial charge in [0.1, 0.15) is 5.76 Å². The van der Waals surface area contributed by atoms with Gasteiger partial charge in [-0.25, -0.2) is 0 Å². The first-order valence-corrected chi connectivity index (χ1v) is 11.0. The zero-order valence-electron chi connectivity index (χ0n) is 18.5. The highest BCUT2D eigenvalue weighted by atomic mass is 16.5. The molecular weight excluding hydrogens is 382 g/mol. The van der Waals surface area contributed by atoms with Crippen LogP contribution in [0.15, 0.2) is 28.9 Å². The third-order valence-electron chi connectivity index (χ3n) is 7.77. The summed E-state index contributed by atoms with van der Waals surface area (Å²) >= 11 is 0. The molecule has 6 heteroatoms. The number of rotatable bonds is 8. The lowest BCUT2D eigenvalue weighted by atomic mass is 9.46. The standard InChI is InChI=1S/C24H35NO5/c1-16-6-9-20-23(2,11-5-12-24(20,3)22(28)29-4)18(16)8-7-17-10-13-30-19(17)14-25-15-21(26)27/h10,13,18,20,25H,1,5-9,11-12,14-15H2,2-4H3,(H,26,27)/t18-,20?,23+,24-/m0/s1. The maximum Gasteiger partial charge on any atom is 0.317 e. The number of carboxylic acids is 1. The number of nitrogens with one attached hydrogen (secondary N) is 1. The molecule has 3 rings (SSSR count). The Balaban J connectivity index is 1.74. The molecule has 2 saturated carbocycles. The second kappa shape index (κ2) is 8.96. The molecule has 2 fully saturated rings. The third kappa shape index (κ3) is 4.20. The second-order valence-corrected chi connectivity index (χ2v) is 9.48. The predicted octanol–water partition coefficient (Wildman–Crippen LogP) is 4.34. The van der Waals surface area contributed by atoms with Crippen molar-refractivity contribution < 1.29 is 23.8 Å². The SMILES string of the molecule is C=C1CCC2[C@](C)(CCC[C@]2(C)C(=O)OC)[C@H]1CCc1ccoc1CNCC(=O)O. The number of carbonyl (C=O) groups is 2. The Bertz CT molecular complexity index is 799. The van der Waals surface area contributed by atoms with Crippen LogP contribution in [0.3, 0.4) is 0 Å². The van der Waals surface area contributed by atoms with E-state index in [1.807, 2.05) is 6.07 Å². The molecular formula is C24H35NO5. The number of hydrogen-bond donors (Lipinski definition) is 2. The summed E-state index contributed by atoms with van der Waals surface area (Å²) in [7, 11) is 1.50. The molecule has 2 aliphatic rings. The van der Waals surface area contributed by atoms with Crippen LogP contribution in [-0.2, 0) is 27.3 Å².